The molecule has 98 valence electrons. The number of aryl methyl sites for hydroxylation is 1. The fourth-order valence-corrected chi connectivity index (χ4v) is 1.80. The quantitative estimate of drug-likeness (QED) is 0.902. The van der Waals surface area contributed by atoms with Gasteiger partial charge in [0.2, 0.25) is 0 Å². The standard InChI is InChI=1S/C14H20N2O2/c1-10-15-12-7-11(5-6-13(12)18-10)8-16(4)14(2,3)9-17/h5-7,17H,8-9H2,1-4H3. The van der Waals surface area contributed by atoms with Crippen molar-refractivity contribution >= 4 is 11.1 Å². The zero-order valence-electron chi connectivity index (χ0n) is 11.4. The Morgan fingerprint density at radius 3 is 2.78 bits per heavy atom. The van der Waals surface area contributed by atoms with Gasteiger partial charge in [0.25, 0.3) is 0 Å². The average Bonchev–Trinajstić information content (AvgIpc) is 2.68. The molecule has 4 nitrogen and oxygen atoms in total. The summed E-state index contributed by atoms with van der Waals surface area (Å²) < 4.78 is 5.45. The smallest absolute Gasteiger partial charge is 0.192 e. The van der Waals surface area contributed by atoms with Crippen molar-refractivity contribution < 1.29 is 9.52 Å². The van der Waals surface area contributed by atoms with Gasteiger partial charge in [0.1, 0.15) is 5.52 Å². The lowest BCUT2D eigenvalue weighted by atomic mass is 10.0. The van der Waals surface area contributed by atoms with Gasteiger partial charge in [0.15, 0.2) is 11.5 Å². The average molecular weight is 248 g/mol. The largest absolute Gasteiger partial charge is 0.441 e. The number of hydrogen-bond acceptors (Lipinski definition) is 4. The van der Waals surface area contributed by atoms with Crippen molar-refractivity contribution in [1.29, 1.82) is 0 Å². The van der Waals surface area contributed by atoms with Crippen molar-refractivity contribution in [2.45, 2.75) is 32.9 Å². The molecule has 2 aromatic rings. The Balaban J connectivity index is 2.21. The molecule has 0 amide bonds. The summed E-state index contributed by atoms with van der Waals surface area (Å²) in [4.78, 5) is 6.45. The molecule has 4 heteroatoms. The maximum absolute atomic E-state index is 9.35. The Morgan fingerprint density at radius 2 is 2.11 bits per heavy atom. The Hall–Kier alpha value is -1.39. The van der Waals surface area contributed by atoms with Crippen LogP contribution in [0.2, 0.25) is 0 Å². The van der Waals surface area contributed by atoms with Gasteiger partial charge in [0, 0.05) is 19.0 Å². The maximum Gasteiger partial charge on any atom is 0.192 e. The van der Waals surface area contributed by atoms with Crippen molar-refractivity contribution in [1.82, 2.24) is 9.88 Å². The number of aromatic nitrogens is 1. The number of fused-ring (bicyclic) bond motifs is 1. The number of rotatable bonds is 4. The van der Waals surface area contributed by atoms with E-state index in [1.807, 2.05) is 46.0 Å². The fraction of sp³-hybridized carbons (Fsp3) is 0.500. The van der Waals surface area contributed by atoms with Crippen LogP contribution in [0, 0.1) is 6.92 Å². The van der Waals surface area contributed by atoms with Gasteiger partial charge in [0.05, 0.1) is 6.61 Å². The predicted molar refractivity (Wildman–Crippen MR) is 71.4 cm³/mol. The maximum atomic E-state index is 9.35. The third kappa shape index (κ3) is 2.54. The van der Waals surface area contributed by atoms with Gasteiger partial charge < -0.3 is 9.52 Å². The molecular formula is C14H20N2O2. The van der Waals surface area contributed by atoms with E-state index in [-0.39, 0.29) is 12.1 Å². The predicted octanol–water partition coefficient (Wildman–Crippen LogP) is 2.34. The summed E-state index contributed by atoms with van der Waals surface area (Å²) in [5.74, 6) is 0.686. The second-order valence-electron chi connectivity index (χ2n) is 5.36. The highest BCUT2D eigenvalue weighted by atomic mass is 16.3. The van der Waals surface area contributed by atoms with Crippen LogP contribution in [0.15, 0.2) is 22.6 Å². The number of likely N-dealkylation sites (N-methyl/N-ethyl adjacent to an activating group) is 1. The molecule has 0 fully saturated rings. The molecule has 0 spiro atoms. The first kappa shape index (κ1) is 13.1. The number of benzene rings is 1. The zero-order valence-corrected chi connectivity index (χ0v) is 11.4. The van der Waals surface area contributed by atoms with Crippen molar-refractivity contribution in [2.24, 2.45) is 0 Å². The number of oxazole rings is 1. The van der Waals surface area contributed by atoms with Gasteiger partial charge in [-0.25, -0.2) is 4.98 Å². The van der Waals surface area contributed by atoms with Crippen LogP contribution in [-0.2, 0) is 6.54 Å². The lowest BCUT2D eigenvalue weighted by Gasteiger charge is -2.33. The minimum Gasteiger partial charge on any atom is -0.441 e. The topological polar surface area (TPSA) is 49.5 Å². The molecule has 0 bridgehead atoms. The first-order valence-electron chi connectivity index (χ1n) is 6.10. The van der Waals surface area contributed by atoms with E-state index in [4.69, 9.17) is 4.42 Å². The van der Waals surface area contributed by atoms with E-state index in [2.05, 4.69) is 9.88 Å². The Labute approximate surface area is 107 Å². The summed E-state index contributed by atoms with van der Waals surface area (Å²) in [6.45, 7) is 6.79. The molecule has 0 atom stereocenters. The van der Waals surface area contributed by atoms with Gasteiger partial charge in [-0.2, -0.15) is 0 Å². The van der Waals surface area contributed by atoms with Gasteiger partial charge in [-0.05, 0) is 38.6 Å². The van der Waals surface area contributed by atoms with Crippen LogP contribution in [0.4, 0.5) is 0 Å². The monoisotopic (exact) mass is 248 g/mol. The van der Waals surface area contributed by atoms with Crippen LogP contribution in [0.25, 0.3) is 11.1 Å². The molecular weight excluding hydrogens is 228 g/mol. The van der Waals surface area contributed by atoms with Gasteiger partial charge in [-0.3, -0.25) is 4.90 Å². The number of nitrogens with zero attached hydrogens (tertiary/aromatic N) is 2. The lowest BCUT2D eigenvalue weighted by Crippen LogP contribution is -2.43. The van der Waals surface area contributed by atoms with Crippen molar-refractivity contribution in [2.75, 3.05) is 13.7 Å². The molecule has 0 saturated carbocycles. The summed E-state index contributed by atoms with van der Waals surface area (Å²) in [7, 11) is 2.01. The van der Waals surface area contributed by atoms with E-state index < -0.39 is 0 Å². The molecule has 1 aromatic carbocycles. The van der Waals surface area contributed by atoms with E-state index >= 15 is 0 Å². The third-order valence-electron chi connectivity index (χ3n) is 3.40. The highest BCUT2D eigenvalue weighted by Crippen LogP contribution is 2.20. The van der Waals surface area contributed by atoms with Crippen LogP contribution in [0.1, 0.15) is 25.3 Å². The highest BCUT2D eigenvalue weighted by Gasteiger charge is 2.22. The van der Waals surface area contributed by atoms with Crippen LogP contribution in [0.3, 0.4) is 0 Å². The second kappa shape index (κ2) is 4.71. The summed E-state index contributed by atoms with van der Waals surface area (Å²) in [6.07, 6.45) is 0. The first-order valence-corrected chi connectivity index (χ1v) is 6.10. The molecule has 18 heavy (non-hydrogen) atoms. The Kier molecular flexibility index (Phi) is 3.41. The molecule has 0 radical (unpaired) electrons. The van der Waals surface area contributed by atoms with Crippen LogP contribution in [0.5, 0.6) is 0 Å². The van der Waals surface area contributed by atoms with Gasteiger partial charge >= 0.3 is 0 Å². The molecule has 1 N–H and O–H groups in total. The molecule has 0 aliphatic carbocycles. The molecule has 0 unspecified atom stereocenters. The SMILES string of the molecule is Cc1nc2cc(CN(C)C(C)(C)CO)ccc2o1. The number of aliphatic hydroxyl groups excluding tert-OH is 1. The van der Waals surface area contributed by atoms with Crippen molar-refractivity contribution in [3.8, 4) is 0 Å². The normalized spacial score (nSPS) is 12.6. The van der Waals surface area contributed by atoms with Crippen molar-refractivity contribution in [3.63, 3.8) is 0 Å². The van der Waals surface area contributed by atoms with Crippen LogP contribution in [-0.4, -0.2) is 34.2 Å². The molecule has 2 rings (SSSR count). The van der Waals surface area contributed by atoms with Crippen LogP contribution < -0.4 is 0 Å². The van der Waals surface area contributed by atoms with E-state index in [9.17, 15) is 5.11 Å². The molecule has 1 aromatic heterocycles. The summed E-state index contributed by atoms with van der Waals surface area (Å²) in [5.41, 5.74) is 2.65. The van der Waals surface area contributed by atoms with E-state index in [1.165, 1.54) is 5.56 Å². The molecule has 0 aliphatic heterocycles. The van der Waals surface area contributed by atoms with E-state index in [0.717, 1.165) is 17.6 Å². The molecule has 0 aliphatic rings. The molecule has 0 saturated heterocycles. The summed E-state index contributed by atoms with van der Waals surface area (Å²) >= 11 is 0. The van der Waals surface area contributed by atoms with E-state index in [1.54, 1.807) is 0 Å². The van der Waals surface area contributed by atoms with Gasteiger partial charge in [-0.1, -0.05) is 6.07 Å². The van der Waals surface area contributed by atoms with Crippen molar-refractivity contribution in [3.05, 3.63) is 29.7 Å². The number of hydrogen-bond donors (Lipinski definition) is 1. The fourth-order valence-electron chi connectivity index (χ4n) is 1.80. The minimum absolute atomic E-state index is 0.134. The minimum atomic E-state index is -0.227. The zero-order chi connectivity index (χ0) is 13.3. The summed E-state index contributed by atoms with van der Waals surface area (Å²) in [5, 5.41) is 9.35. The van der Waals surface area contributed by atoms with Gasteiger partial charge in [-0.15, -0.1) is 0 Å². The Morgan fingerprint density at radius 1 is 1.39 bits per heavy atom. The highest BCUT2D eigenvalue weighted by molar-refractivity contribution is 5.73. The molecule has 1 heterocycles. The first-order chi connectivity index (χ1) is 8.42. The van der Waals surface area contributed by atoms with Crippen LogP contribution >= 0.6 is 0 Å². The second-order valence-corrected chi connectivity index (χ2v) is 5.36. The lowest BCUT2D eigenvalue weighted by molar-refractivity contribution is 0.0734. The van der Waals surface area contributed by atoms with E-state index in [0.29, 0.717) is 5.89 Å². The third-order valence-corrected chi connectivity index (χ3v) is 3.40. The summed E-state index contributed by atoms with van der Waals surface area (Å²) in [6, 6.07) is 6.02. The number of aliphatic hydroxyl groups is 1. The Bertz CT molecular complexity index is 546.